The van der Waals surface area contributed by atoms with E-state index in [2.05, 4.69) is 38.1 Å². The quantitative estimate of drug-likeness (QED) is 0.578. The van der Waals surface area contributed by atoms with Crippen molar-refractivity contribution in [1.29, 1.82) is 0 Å². The molecule has 0 aliphatic rings. The van der Waals surface area contributed by atoms with Gasteiger partial charge in [0.2, 0.25) is 0 Å². The molecule has 0 aromatic heterocycles. The Balaban J connectivity index is -0.0000000892. The maximum absolute atomic E-state index is 9.81. The van der Waals surface area contributed by atoms with E-state index >= 15 is 0 Å². The normalized spacial score (nSPS) is 6.84. The van der Waals surface area contributed by atoms with Crippen molar-refractivity contribution in [3.63, 3.8) is 0 Å². The Morgan fingerprint density at radius 2 is 1.05 bits per heavy atom. The van der Waals surface area contributed by atoms with Crippen molar-refractivity contribution in [2.75, 3.05) is 0 Å². The van der Waals surface area contributed by atoms with Crippen LogP contribution in [0.5, 0.6) is 0 Å². The molecule has 1 heteroatoms. The number of Topliss-reactive ketones (excluding diaryl/α,β-unsaturated/α-hetero) is 1. The number of benzene rings is 1. The van der Waals surface area contributed by atoms with E-state index in [-0.39, 0.29) is 5.78 Å². The lowest BCUT2D eigenvalue weighted by atomic mass is 10.1. The van der Waals surface area contributed by atoms with Gasteiger partial charge in [-0.15, -0.1) is 0 Å². The van der Waals surface area contributed by atoms with Crippen molar-refractivity contribution in [1.82, 2.24) is 0 Å². The summed E-state index contributed by atoms with van der Waals surface area (Å²) in [4.78, 5) is 9.81. The van der Waals surface area contributed by atoms with Crippen LogP contribution in [-0.2, 0) is 4.79 Å². The van der Waals surface area contributed by atoms with Crippen molar-refractivity contribution in [3.8, 4) is 0 Å². The highest BCUT2D eigenvalue weighted by Crippen LogP contribution is 2.02. The Morgan fingerprint density at radius 3 is 1.16 bits per heavy atom. The summed E-state index contributed by atoms with van der Waals surface area (Å²) in [6, 6.07) is 8.36. The molecule has 1 aromatic rings. The zero-order valence-electron chi connectivity index (χ0n) is 14.9. The zero-order chi connectivity index (χ0) is 16.3. The summed E-state index contributed by atoms with van der Waals surface area (Å²) < 4.78 is 0. The first-order valence-corrected chi connectivity index (χ1v) is 7.59. The lowest BCUT2D eigenvalue weighted by Crippen LogP contribution is -1.80. The second-order valence-electron chi connectivity index (χ2n) is 3.14. The molecule has 1 aromatic carbocycles. The van der Waals surface area contributed by atoms with Crippen LogP contribution >= 0.6 is 0 Å². The molecule has 0 spiro atoms. The molecule has 0 N–H and O–H groups in total. The molecule has 0 fully saturated rings. The fraction of sp³-hybridized carbons (Fsp3) is 0.611. The molecule has 0 aliphatic heterocycles. The van der Waals surface area contributed by atoms with Gasteiger partial charge in [0.1, 0.15) is 5.78 Å². The number of hydrogen-bond donors (Lipinski definition) is 0. The van der Waals surface area contributed by atoms with Crippen LogP contribution in [-0.4, -0.2) is 5.78 Å². The van der Waals surface area contributed by atoms with Crippen LogP contribution in [0, 0.1) is 13.8 Å². The van der Waals surface area contributed by atoms with Gasteiger partial charge in [0.05, 0.1) is 0 Å². The zero-order valence-corrected chi connectivity index (χ0v) is 14.9. The van der Waals surface area contributed by atoms with Crippen LogP contribution in [0.15, 0.2) is 24.3 Å². The minimum Gasteiger partial charge on any atom is -0.300 e. The maximum atomic E-state index is 9.81. The van der Waals surface area contributed by atoms with Crippen molar-refractivity contribution in [2.24, 2.45) is 0 Å². The summed E-state index contributed by atoms with van der Waals surface area (Å²) in [6.07, 6.45) is 0.667. The minimum absolute atomic E-state index is 0.255. The van der Waals surface area contributed by atoms with Gasteiger partial charge in [-0.05, 0) is 31.9 Å². The fourth-order valence-corrected chi connectivity index (χ4v) is 0.663. The average molecular weight is 268 g/mol. The lowest BCUT2D eigenvalue weighted by molar-refractivity contribution is -0.116. The number of rotatable bonds is 1. The van der Waals surface area contributed by atoms with Crippen LogP contribution in [0.25, 0.3) is 0 Å². The largest absolute Gasteiger partial charge is 0.300 e. The average Bonchev–Trinajstić information content (AvgIpc) is 2.49. The van der Waals surface area contributed by atoms with E-state index in [1.54, 1.807) is 6.92 Å². The molecular weight excluding hydrogens is 232 g/mol. The van der Waals surface area contributed by atoms with E-state index < -0.39 is 0 Å². The molecule has 1 rings (SSSR count). The van der Waals surface area contributed by atoms with Gasteiger partial charge in [-0.2, -0.15) is 0 Å². The van der Waals surface area contributed by atoms with Gasteiger partial charge < -0.3 is 4.79 Å². The van der Waals surface area contributed by atoms with Crippen molar-refractivity contribution < 1.29 is 4.79 Å². The van der Waals surface area contributed by atoms with Gasteiger partial charge in [0.15, 0.2) is 0 Å². The standard InChI is InChI=1S/C8H10.C4H8O.3C2H6/c1-7-5-3-4-6-8(7)2;1-3-4(2)5;3*1-2/h3-6H,1-2H3;3H2,1-2H3;3*1-2H3. The van der Waals surface area contributed by atoms with Gasteiger partial charge in [0.25, 0.3) is 0 Å². The van der Waals surface area contributed by atoms with Crippen molar-refractivity contribution in [2.45, 2.75) is 75.7 Å². The summed E-state index contributed by atoms with van der Waals surface area (Å²) in [5, 5.41) is 0. The Labute approximate surface area is 122 Å². The van der Waals surface area contributed by atoms with Gasteiger partial charge in [-0.1, -0.05) is 72.7 Å². The molecular formula is C18H36O. The molecule has 0 atom stereocenters. The molecule has 0 radical (unpaired) electrons. The number of carbonyl (C=O) groups excluding carboxylic acids is 1. The van der Waals surface area contributed by atoms with E-state index in [0.717, 1.165) is 0 Å². The summed E-state index contributed by atoms with van der Waals surface area (Å²) in [7, 11) is 0. The first-order valence-electron chi connectivity index (χ1n) is 7.59. The SMILES string of the molecule is CC.CC.CC.CCC(C)=O.Cc1ccccc1C. The third-order valence-corrected chi connectivity index (χ3v) is 1.92. The van der Waals surface area contributed by atoms with E-state index in [0.29, 0.717) is 6.42 Å². The van der Waals surface area contributed by atoms with Crippen molar-refractivity contribution >= 4 is 5.78 Å². The molecule has 0 unspecified atom stereocenters. The predicted octanol–water partition coefficient (Wildman–Crippen LogP) is 6.37. The van der Waals surface area contributed by atoms with E-state index in [9.17, 15) is 4.79 Å². The van der Waals surface area contributed by atoms with Crippen LogP contribution < -0.4 is 0 Å². The summed E-state index contributed by atoms with van der Waals surface area (Å²) in [6.45, 7) is 19.7. The summed E-state index contributed by atoms with van der Waals surface area (Å²) in [5.41, 5.74) is 2.74. The number of carbonyl (C=O) groups is 1. The topological polar surface area (TPSA) is 17.1 Å². The highest BCUT2D eigenvalue weighted by Gasteiger charge is 1.83. The Morgan fingerprint density at radius 1 is 0.842 bits per heavy atom. The van der Waals surface area contributed by atoms with Crippen molar-refractivity contribution in [3.05, 3.63) is 35.4 Å². The second-order valence-corrected chi connectivity index (χ2v) is 3.14. The van der Waals surface area contributed by atoms with Crippen LogP contribution in [0.1, 0.15) is 72.9 Å². The van der Waals surface area contributed by atoms with Crippen LogP contribution in [0.3, 0.4) is 0 Å². The van der Waals surface area contributed by atoms with Gasteiger partial charge in [-0.25, -0.2) is 0 Å². The Bertz CT molecular complexity index is 243. The van der Waals surface area contributed by atoms with Crippen LogP contribution in [0.4, 0.5) is 0 Å². The number of aryl methyl sites for hydroxylation is 2. The minimum atomic E-state index is 0.255. The highest BCUT2D eigenvalue weighted by atomic mass is 16.1. The molecule has 0 bridgehead atoms. The van der Waals surface area contributed by atoms with E-state index in [1.807, 2.05) is 48.5 Å². The lowest BCUT2D eigenvalue weighted by Gasteiger charge is -1.93. The van der Waals surface area contributed by atoms with E-state index in [4.69, 9.17) is 0 Å². The number of hydrogen-bond acceptors (Lipinski definition) is 1. The maximum Gasteiger partial charge on any atom is 0.129 e. The summed E-state index contributed by atoms with van der Waals surface area (Å²) >= 11 is 0. The first kappa shape index (κ1) is 26.5. The highest BCUT2D eigenvalue weighted by molar-refractivity contribution is 5.74. The van der Waals surface area contributed by atoms with Gasteiger partial charge in [0, 0.05) is 6.42 Å². The van der Waals surface area contributed by atoms with Gasteiger partial charge >= 0.3 is 0 Å². The first-order chi connectivity index (χ1) is 9.07. The smallest absolute Gasteiger partial charge is 0.129 e. The van der Waals surface area contributed by atoms with E-state index in [1.165, 1.54) is 11.1 Å². The van der Waals surface area contributed by atoms with Crippen LogP contribution in [0.2, 0.25) is 0 Å². The third kappa shape index (κ3) is 26.5. The molecule has 0 saturated carbocycles. The predicted molar refractivity (Wildman–Crippen MR) is 90.9 cm³/mol. The molecule has 19 heavy (non-hydrogen) atoms. The third-order valence-electron chi connectivity index (χ3n) is 1.92. The molecule has 0 saturated heterocycles. The fourth-order valence-electron chi connectivity index (χ4n) is 0.663. The molecule has 0 amide bonds. The van der Waals surface area contributed by atoms with Gasteiger partial charge in [-0.3, -0.25) is 0 Å². The number of ketones is 1. The Hall–Kier alpha value is -1.11. The monoisotopic (exact) mass is 268 g/mol. The molecule has 0 heterocycles. The summed E-state index contributed by atoms with van der Waals surface area (Å²) in [5.74, 6) is 0.255. The molecule has 0 aliphatic carbocycles. The molecule has 1 nitrogen and oxygen atoms in total. The Kier molecular flexibility index (Phi) is 35.7. The molecule has 114 valence electrons. The second kappa shape index (κ2) is 25.7.